The van der Waals surface area contributed by atoms with Crippen molar-refractivity contribution in [3.8, 4) is 12.1 Å². The molecule has 0 amide bonds. The Morgan fingerprint density at radius 2 is 0.850 bits per heavy atom. The highest BCUT2D eigenvalue weighted by Crippen LogP contribution is 2.60. The van der Waals surface area contributed by atoms with Crippen LogP contribution in [0.25, 0.3) is 0 Å². The Morgan fingerprint density at radius 3 is 1.23 bits per heavy atom. The van der Waals surface area contributed by atoms with Crippen molar-refractivity contribution in [1.82, 2.24) is 0 Å². The monoisotopic (exact) mass is 514 g/mol. The van der Waals surface area contributed by atoms with Gasteiger partial charge < -0.3 is 9.80 Å². The van der Waals surface area contributed by atoms with Gasteiger partial charge in [-0.25, -0.2) is 0 Å². The van der Waals surface area contributed by atoms with Crippen molar-refractivity contribution in [1.29, 1.82) is 10.5 Å². The third-order valence-corrected chi connectivity index (χ3v) is 8.38. The lowest BCUT2D eigenvalue weighted by atomic mass is 9.73. The van der Waals surface area contributed by atoms with Crippen LogP contribution in [-0.4, -0.2) is 0 Å². The molecule has 2 aliphatic heterocycles. The minimum Gasteiger partial charge on any atom is -0.309 e. The molecule has 2 unspecified atom stereocenters. The second-order valence-corrected chi connectivity index (χ2v) is 10.4. The van der Waals surface area contributed by atoms with Crippen molar-refractivity contribution in [3.63, 3.8) is 0 Å². The minimum absolute atomic E-state index is 0.0186. The molecule has 0 radical (unpaired) electrons. The Labute approximate surface area is 234 Å². The van der Waals surface area contributed by atoms with E-state index in [9.17, 15) is 10.5 Å². The van der Waals surface area contributed by atoms with Gasteiger partial charge in [0.05, 0.1) is 22.5 Å². The fourth-order valence-corrected chi connectivity index (χ4v) is 6.68. The largest absolute Gasteiger partial charge is 0.309 e. The molecule has 2 aliphatic rings. The molecule has 0 aliphatic carbocycles. The van der Waals surface area contributed by atoms with Crippen LogP contribution in [0, 0.1) is 22.7 Å². The van der Waals surface area contributed by atoms with Crippen LogP contribution in [0.4, 0.5) is 34.1 Å². The fourth-order valence-electron chi connectivity index (χ4n) is 6.68. The molecule has 0 fully saturated rings. The van der Waals surface area contributed by atoms with E-state index in [1.165, 1.54) is 11.1 Å². The molecule has 0 saturated heterocycles. The van der Waals surface area contributed by atoms with Crippen molar-refractivity contribution in [3.05, 3.63) is 143 Å². The molecule has 2 atom stereocenters. The molecule has 40 heavy (non-hydrogen) atoms. The molecule has 5 aromatic carbocycles. The summed E-state index contributed by atoms with van der Waals surface area (Å²) < 4.78 is 0. The third-order valence-electron chi connectivity index (χ3n) is 8.38. The lowest BCUT2D eigenvalue weighted by molar-refractivity contribution is 0.813. The molecule has 4 heteroatoms. The topological polar surface area (TPSA) is 54.1 Å². The number of hydrogen-bond donors (Lipinski definition) is 0. The summed E-state index contributed by atoms with van der Waals surface area (Å²) in [7, 11) is 0. The molecule has 5 aromatic rings. The van der Waals surface area contributed by atoms with Crippen molar-refractivity contribution < 1.29 is 0 Å². The van der Waals surface area contributed by atoms with Crippen LogP contribution >= 0.6 is 0 Å². The minimum atomic E-state index is 0.0186. The summed E-state index contributed by atoms with van der Waals surface area (Å²) in [6.45, 7) is 4.46. The first-order valence-electron chi connectivity index (χ1n) is 13.6. The van der Waals surface area contributed by atoms with Crippen LogP contribution in [0.1, 0.15) is 59.1 Å². The molecule has 0 saturated carbocycles. The number of nitriles is 2. The molecule has 2 heterocycles. The smallest absolute Gasteiger partial charge is 0.103 e. The summed E-state index contributed by atoms with van der Waals surface area (Å²) in [4.78, 5) is 4.37. The average Bonchev–Trinajstić information content (AvgIpc) is 3.01. The zero-order valence-electron chi connectivity index (χ0n) is 22.3. The van der Waals surface area contributed by atoms with Crippen molar-refractivity contribution >= 4 is 34.1 Å². The number of benzene rings is 5. The highest BCUT2D eigenvalue weighted by atomic mass is 15.2. The molecular weight excluding hydrogens is 488 g/mol. The first-order chi connectivity index (χ1) is 19.7. The standard InChI is InChI=1S/C36H26N4/c1-23-27-17-9-11-19-31(27)39(25-13-5-3-6-14-25)35-29(21-37)30(22-38)36-34(33(23)35)24(2)28-18-10-12-20-32(28)40(36)26-15-7-4-8-16-26/h3-20,23-24H,1-2H3. The summed E-state index contributed by atoms with van der Waals surface area (Å²) in [6.07, 6.45) is 0. The maximum atomic E-state index is 10.8. The van der Waals surface area contributed by atoms with E-state index >= 15 is 0 Å². The summed E-state index contributed by atoms with van der Waals surface area (Å²) >= 11 is 0. The van der Waals surface area contributed by atoms with Crippen LogP contribution < -0.4 is 9.80 Å². The normalized spacial score (nSPS) is 16.6. The van der Waals surface area contributed by atoms with Crippen LogP contribution in [0.15, 0.2) is 109 Å². The Bertz CT molecular complexity index is 1720. The van der Waals surface area contributed by atoms with Gasteiger partial charge in [0, 0.05) is 34.6 Å². The summed E-state index contributed by atoms with van der Waals surface area (Å²) in [5.41, 5.74) is 11.1. The highest BCUT2D eigenvalue weighted by molar-refractivity contribution is 5.98. The molecule has 0 aromatic heterocycles. The predicted molar refractivity (Wildman–Crippen MR) is 160 cm³/mol. The maximum absolute atomic E-state index is 10.8. The van der Waals surface area contributed by atoms with Gasteiger partial charge in [-0.05, 0) is 58.7 Å². The van der Waals surface area contributed by atoms with E-state index in [0.29, 0.717) is 11.1 Å². The molecule has 4 nitrogen and oxygen atoms in total. The fraction of sp³-hybridized carbons (Fsp3) is 0.111. The number of nitrogens with zero attached hydrogens (tertiary/aromatic N) is 4. The molecule has 7 rings (SSSR count). The van der Waals surface area contributed by atoms with Gasteiger partial charge in [0.1, 0.15) is 12.1 Å². The van der Waals surface area contributed by atoms with Gasteiger partial charge in [0.2, 0.25) is 0 Å². The van der Waals surface area contributed by atoms with Crippen molar-refractivity contribution in [2.24, 2.45) is 0 Å². The summed E-state index contributed by atoms with van der Waals surface area (Å²) in [5, 5.41) is 21.6. The Hall–Kier alpha value is -5.32. The van der Waals surface area contributed by atoms with E-state index < -0.39 is 0 Å². The summed E-state index contributed by atoms with van der Waals surface area (Å²) in [6, 6.07) is 42.2. The van der Waals surface area contributed by atoms with Crippen LogP contribution in [0.3, 0.4) is 0 Å². The number of para-hydroxylation sites is 4. The van der Waals surface area contributed by atoms with E-state index in [4.69, 9.17) is 0 Å². The Kier molecular flexibility index (Phi) is 5.44. The Balaban J connectivity index is 1.67. The second-order valence-electron chi connectivity index (χ2n) is 10.4. The first-order valence-corrected chi connectivity index (χ1v) is 13.6. The molecule has 0 spiro atoms. The lowest BCUT2D eigenvalue weighted by Crippen LogP contribution is -2.29. The van der Waals surface area contributed by atoms with Gasteiger partial charge in [0.15, 0.2) is 0 Å². The molecule has 0 bridgehead atoms. The zero-order chi connectivity index (χ0) is 27.4. The highest BCUT2D eigenvalue weighted by Gasteiger charge is 2.42. The van der Waals surface area contributed by atoms with E-state index in [-0.39, 0.29) is 11.8 Å². The van der Waals surface area contributed by atoms with Gasteiger partial charge in [-0.1, -0.05) is 86.6 Å². The van der Waals surface area contributed by atoms with Gasteiger partial charge in [-0.2, -0.15) is 10.5 Å². The Morgan fingerprint density at radius 1 is 0.500 bits per heavy atom. The van der Waals surface area contributed by atoms with Crippen LogP contribution in [0.2, 0.25) is 0 Å². The zero-order valence-corrected chi connectivity index (χ0v) is 22.3. The maximum Gasteiger partial charge on any atom is 0.103 e. The van der Waals surface area contributed by atoms with Gasteiger partial charge in [-0.15, -0.1) is 0 Å². The second kappa shape index (κ2) is 9.16. The quantitative estimate of drug-likeness (QED) is 0.235. The first kappa shape index (κ1) is 23.8. The lowest BCUT2D eigenvalue weighted by Gasteiger charge is -2.44. The van der Waals surface area contributed by atoms with E-state index in [2.05, 4.69) is 96.4 Å². The van der Waals surface area contributed by atoms with Gasteiger partial charge in [0.25, 0.3) is 0 Å². The molecular formula is C36H26N4. The van der Waals surface area contributed by atoms with Crippen molar-refractivity contribution in [2.45, 2.75) is 25.7 Å². The third kappa shape index (κ3) is 3.24. The average molecular weight is 515 g/mol. The van der Waals surface area contributed by atoms with Crippen molar-refractivity contribution in [2.75, 3.05) is 9.80 Å². The number of anilines is 6. The van der Waals surface area contributed by atoms with E-state index in [1.54, 1.807) is 0 Å². The van der Waals surface area contributed by atoms with Gasteiger partial charge >= 0.3 is 0 Å². The van der Waals surface area contributed by atoms with Gasteiger partial charge in [-0.3, -0.25) is 0 Å². The summed E-state index contributed by atoms with van der Waals surface area (Å²) in [5.74, 6) is 0.0372. The SMILES string of the molecule is CC1c2ccccc2N(c2ccccc2)c2c(C#N)c(C#N)c3c(c21)C(C)c1ccccc1N3c1ccccc1. The number of fused-ring (bicyclic) bond motifs is 5. The van der Waals surface area contributed by atoms with Crippen LogP contribution in [0.5, 0.6) is 0 Å². The predicted octanol–water partition coefficient (Wildman–Crippen LogP) is 9.30. The van der Waals surface area contributed by atoms with E-state index in [1.807, 2.05) is 48.5 Å². The number of rotatable bonds is 2. The van der Waals surface area contributed by atoms with E-state index in [0.717, 1.165) is 45.3 Å². The van der Waals surface area contributed by atoms with Crippen LogP contribution in [-0.2, 0) is 0 Å². The molecule has 190 valence electrons. The number of hydrogen-bond acceptors (Lipinski definition) is 4. The molecule has 0 N–H and O–H groups in total.